The lowest BCUT2D eigenvalue weighted by Crippen LogP contribution is -2.29. The Bertz CT molecular complexity index is 1460. The summed E-state index contributed by atoms with van der Waals surface area (Å²) in [6.07, 6.45) is 3.81. The van der Waals surface area contributed by atoms with Crippen LogP contribution >= 0.6 is 11.6 Å². The van der Waals surface area contributed by atoms with Crippen LogP contribution in [0.2, 0.25) is 5.02 Å². The quantitative estimate of drug-likeness (QED) is 0.424. The van der Waals surface area contributed by atoms with Crippen molar-refractivity contribution in [3.63, 3.8) is 0 Å². The molecule has 3 N–H and O–H groups in total. The van der Waals surface area contributed by atoms with E-state index in [-0.39, 0.29) is 28.7 Å². The van der Waals surface area contributed by atoms with Gasteiger partial charge in [0.15, 0.2) is 5.82 Å². The summed E-state index contributed by atoms with van der Waals surface area (Å²) in [5, 5.41) is 13.6. The molecule has 0 aliphatic rings. The molecule has 3 heterocycles. The number of halogens is 1. The van der Waals surface area contributed by atoms with Crippen LogP contribution in [-0.4, -0.2) is 24.5 Å². The van der Waals surface area contributed by atoms with Crippen LogP contribution in [0.5, 0.6) is 0 Å². The summed E-state index contributed by atoms with van der Waals surface area (Å²) in [5.74, 6) is 1.46. The first kappa shape index (κ1) is 23.1. The van der Waals surface area contributed by atoms with E-state index in [0.29, 0.717) is 39.7 Å². The summed E-state index contributed by atoms with van der Waals surface area (Å²) >= 11 is 6.39. The molecule has 1 aromatic carbocycles. The maximum atomic E-state index is 13.7. The number of fused-ring (bicyclic) bond motifs is 1. The van der Waals surface area contributed by atoms with E-state index in [0.717, 1.165) is 0 Å². The molecule has 3 aromatic heterocycles. The van der Waals surface area contributed by atoms with Gasteiger partial charge in [-0.05, 0) is 43.5 Å². The highest BCUT2D eigenvalue weighted by atomic mass is 35.5. The third kappa shape index (κ3) is 4.40. The van der Waals surface area contributed by atoms with E-state index in [1.165, 1.54) is 4.57 Å². The minimum Gasteiger partial charge on any atom is -0.382 e. The first-order chi connectivity index (χ1) is 16.3. The zero-order valence-electron chi connectivity index (χ0n) is 19.0. The predicted molar refractivity (Wildman–Crippen MR) is 132 cm³/mol. The van der Waals surface area contributed by atoms with Crippen molar-refractivity contribution in [2.24, 2.45) is 5.92 Å². The smallest absolute Gasteiger partial charge is 0.267 e. The SMILES string of the molecule is Cc1nc(N)c(C#N)c(N[C@@H](CC(C)C)c2nc3cccc(Cl)c3c(=O)n2-c2cccnc2)n1. The standard InChI is InChI=1S/C24H23ClN8O/c1-13(2)10-19(31-22-16(11-26)21(27)29-14(3)30-22)23-32-18-8-4-7-17(25)20(18)24(34)33(23)15-6-5-9-28-12-15/h4-9,12-13,19H,10H2,1-3H3,(H3,27,29,30,31)/t19-/m0/s1. The molecule has 4 rings (SSSR count). The van der Waals surface area contributed by atoms with Gasteiger partial charge in [-0.1, -0.05) is 31.5 Å². The van der Waals surface area contributed by atoms with Crippen LogP contribution < -0.4 is 16.6 Å². The Morgan fingerprint density at radius 1 is 1.21 bits per heavy atom. The fourth-order valence-corrected chi connectivity index (χ4v) is 4.10. The summed E-state index contributed by atoms with van der Waals surface area (Å²) in [4.78, 5) is 31.3. The molecule has 4 aromatic rings. The van der Waals surface area contributed by atoms with Crippen molar-refractivity contribution in [1.29, 1.82) is 5.26 Å². The highest BCUT2D eigenvalue weighted by Gasteiger charge is 2.25. The number of benzene rings is 1. The van der Waals surface area contributed by atoms with Crippen molar-refractivity contribution in [2.75, 3.05) is 11.1 Å². The minimum absolute atomic E-state index is 0.0868. The Morgan fingerprint density at radius 2 is 2.00 bits per heavy atom. The predicted octanol–water partition coefficient (Wildman–Crippen LogP) is 4.19. The third-order valence-corrected chi connectivity index (χ3v) is 5.58. The maximum absolute atomic E-state index is 13.7. The van der Waals surface area contributed by atoms with Crippen LogP contribution in [-0.2, 0) is 0 Å². The number of nitrogens with two attached hydrogens (primary N) is 1. The molecule has 0 bridgehead atoms. The molecule has 0 aliphatic carbocycles. The van der Waals surface area contributed by atoms with Crippen molar-refractivity contribution in [3.8, 4) is 11.8 Å². The lowest BCUT2D eigenvalue weighted by molar-refractivity contribution is 0.506. The minimum atomic E-state index is -0.489. The van der Waals surface area contributed by atoms with E-state index in [9.17, 15) is 10.1 Å². The van der Waals surface area contributed by atoms with Gasteiger partial charge in [-0.15, -0.1) is 0 Å². The normalized spacial score (nSPS) is 12.0. The molecule has 0 unspecified atom stereocenters. The molecule has 0 fully saturated rings. The summed E-state index contributed by atoms with van der Waals surface area (Å²) in [7, 11) is 0. The molecule has 1 atom stereocenters. The number of nitrogens with zero attached hydrogens (tertiary/aromatic N) is 6. The molecule has 9 nitrogen and oxygen atoms in total. The molecular weight excluding hydrogens is 452 g/mol. The lowest BCUT2D eigenvalue weighted by Gasteiger charge is -2.25. The van der Waals surface area contributed by atoms with E-state index >= 15 is 0 Å². The summed E-state index contributed by atoms with van der Waals surface area (Å²) in [6, 6.07) is 10.3. The lowest BCUT2D eigenvalue weighted by atomic mass is 10.0. The fraction of sp³-hybridized carbons (Fsp3) is 0.250. The number of nitriles is 1. The number of aromatic nitrogens is 5. The van der Waals surface area contributed by atoms with Crippen molar-refractivity contribution in [1.82, 2.24) is 24.5 Å². The van der Waals surface area contributed by atoms with Crippen LogP contribution in [0.3, 0.4) is 0 Å². The molecule has 0 saturated heterocycles. The van der Waals surface area contributed by atoms with E-state index in [2.05, 4.69) is 40.2 Å². The van der Waals surface area contributed by atoms with Gasteiger partial charge in [0.05, 0.1) is 33.9 Å². The molecule has 172 valence electrons. The Balaban J connectivity index is 2.00. The van der Waals surface area contributed by atoms with Gasteiger partial charge in [0.2, 0.25) is 0 Å². The van der Waals surface area contributed by atoms with Gasteiger partial charge in [0.25, 0.3) is 5.56 Å². The first-order valence-corrected chi connectivity index (χ1v) is 11.1. The van der Waals surface area contributed by atoms with Crippen LogP contribution in [0.4, 0.5) is 11.6 Å². The molecular formula is C24H23ClN8O. The van der Waals surface area contributed by atoms with E-state index < -0.39 is 6.04 Å². The molecule has 0 saturated carbocycles. The number of rotatable bonds is 6. The van der Waals surface area contributed by atoms with Gasteiger partial charge >= 0.3 is 0 Å². The number of nitrogen functional groups attached to an aromatic ring is 1. The van der Waals surface area contributed by atoms with Gasteiger partial charge in [-0.3, -0.25) is 14.3 Å². The van der Waals surface area contributed by atoms with Crippen LogP contribution in [0.25, 0.3) is 16.6 Å². The average molecular weight is 475 g/mol. The highest BCUT2D eigenvalue weighted by Crippen LogP contribution is 2.30. The molecule has 0 spiro atoms. The number of anilines is 2. The van der Waals surface area contributed by atoms with Crippen molar-refractivity contribution in [2.45, 2.75) is 33.2 Å². The molecule has 34 heavy (non-hydrogen) atoms. The molecule has 0 radical (unpaired) electrons. The van der Waals surface area contributed by atoms with E-state index in [4.69, 9.17) is 22.3 Å². The Hall–Kier alpha value is -4.03. The summed E-state index contributed by atoms with van der Waals surface area (Å²) in [5.41, 5.74) is 6.82. The van der Waals surface area contributed by atoms with Gasteiger partial charge in [0.1, 0.15) is 29.1 Å². The number of hydrogen-bond acceptors (Lipinski definition) is 8. The van der Waals surface area contributed by atoms with Gasteiger partial charge in [0, 0.05) is 6.20 Å². The molecule has 0 aliphatic heterocycles. The Morgan fingerprint density at radius 3 is 2.68 bits per heavy atom. The summed E-state index contributed by atoms with van der Waals surface area (Å²) < 4.78 is 1.50. The van der Waals surface area contributed by atoms with Crippen molar-refractivity contribution in [3.05, 3.63) is 75.3 Å². The first-order valence-electron chi connectivity index (χ1n) is 10.7. The monoisotopic (exact) mass is 474 g/mol. The average Bonchev–Trinajstić information content (AvgIpc) is 2.78. The molecule has 10 heteroatoms. The second-order valence-electron chi connectivity index (χ2n) is 8.27. The van der Waals surface area contributed by atoms with Crippen LogP contribution in [0.1, 0.15) is 43.5 Å². The van der Waals surface area contributed by atoms with Crippen molar-refractivity contribution < 1.29 is 0 Å². The van der Waals surface area contributed by atoms with Gasteiger partial charge in [-0.25, -0.2) is 15.0 Å². The Labute approximate surface area is 201 Å². The fourth-order valence-electron chi connectivity index (χ4n) is 3.85. The third-order valence-electron chi connectivity index (χ3n) is 5.27. The van der Waals surface area contributed by atoms with Gasteiger partial charge in [-0.2, -0.15) is 5.26 Å². The second-order valence-corrected chi connectivity index (χ2v) is 8.68. The number of nitrogens with one attached hydrogen (secondary N) is 1. The van der Waals surface area contributed by atoms with E-state index in [1.54, 1.807) is 49.6 Å². The maximum Gasteiger partial charge on any atom is 0.267 e. The largest absolute Gasteiger partial charge is 0.382 e. The Kier molecular flexibility index (Phi) is 6.43. The number of pyridine rings is 1. The van der Waals surface area contributed by atoms with E-state index in [1.807, 2.05) is 0 Å². The zero-order chi connectivity index (χ0) is 24.4. The zero-order valence-corrected chi connectivity index (χ0v) is 19.7. The van der Waals surface area contributed by atoms with Gasteiger partial charge < -0.3 is 11.1 Å². The highest BCUT2D eigenvalue weighted by molar-refractivity contribution is 6.35. The van der Waals surface area contributed by atoms with Crippen LogP contribution in [0.15, 0.2) is 47.5 Å². The molecule has 0 amide bonds. The van der Waals surface area contributed by atoms with Crippen molar-refractivity contribution >= 4 is 34.1 Å². The summed E-state index contributed by atoms with van der Waals surface area (Å²) in [6.45, 7) is 5.82. The topological polar surface area (TPSA) is 135 Å². The number of aryl methyl sites for hydroxylation is 1. The van der Waals surface area contributed by atoms with Crippen LogP contribution in [0, 0.1) is 24.2 Å². The number of hydrogen-bond donors (Lipinski definition) is 2. The second kappa shape index (κ2) is 9.45.